The van der Waals surface area contributed by atoms with Gasteiger partial charge in [-0.15, -0.1) is 0 Å². The van der Waals surface area contributed by atoms with Crippen molar-refractivity contribution in [1.82, 2.24) is 14.9 Å². The molecule has 0 bridgehead atoms. The van der Waals surface area contributed by atoms with Crippen LogP contribution in [0.3, 0.4) is 0 Å². The van der Waals surface area contributed by atoms with Crippen LogP contribution in [0, 0.1) is 0 Å². The molecule has 1 aliphatic heterocycles. The second-order valence-electron chi connectivity index (χ2n) is 8.97. The third-order valence-electron chi connectivity index (χ3n) is 6.09. The lowest BCUT2D eigenvalue weighted by atomic mass is 10.0. The van der Waals surface area contributed by atoms with Crippen molar-refractivity contribution >= 4 is 36.0 Å². The molecule has 2 aromatic carbocycles. The molecule has 0 aliphatic carbocycles. The number of aliphatic hydroxyl groups is 1. The first-order chi connectivity index (χ1) is 18.1. The number of anilines is 2. The molecule has 38 heavy (non-hydrogen) atoms. The van der Waals surface area contributed by atoms with Crippen molar-refractivity contribution in [2.45, 2.75) is 24.9 Å². The highest BCUT2D eigenvalue weighted by molar-refractivity contribution is 7.46. The third-order valence-corrected chi connectivity index (χ3v) is 6.64. The second kappa shape index (κ2) is 11.6. The number of hydrogen-bond donors (Lipinski definition) is 5. The van der Waals surface area contributed by atoms with Crippen LogP contribution in [0.5, 0.6) is 0 Å². The van der Waals surface area contributed by atoms with Crippen molar-refractivity contribution in [2.75, 3.05) is 44.0 Å². The van der Waals surface area contributed by atoms with Gasteiger partial charge in [-0.2, -0.15) is 4.98 Å². The molecule has 0 saturated carbocycles. The predicted molar refractivity (Wildman–Crippen MR) is 140 cm³/mol. The number of amides is 1. The molecule has 1 amide bonds. The van der Waals surface area contributed by atoms with E-state index < -0.39 is 38.6 Å². The average molecular weight is 548 g/mol. The van der Waals surface area contributed by atoms with Crippen LogP contribution < -0.4 is 21.2 Å². The van der Waals surface area contributed by atoms with E-state index in [1.165, 1.54) is 12.3 Å². The SMILES string of the molecule is CN(C)c1cccc2cc(C(=O)NCCNc3ccn([C@H]4C[C@H](OP(=O)(O)O)[C@@H](CO)O4)c(=O)n3)ccc12. The summed E-state index contributed by atoms with van der Waals surface area (Å²) >= 11 is 0. The van der Waals surface area contributed by atoms with Gasteiger partial charge < -0.3 is 35.2 Å². The normalized spacial score (nSPS) is 19.4. The number of fused-ring (bicyclic) bond motifs is 1. The largest absolute Gasteiger partial charge is 0.469 e. The molecule has 204 valence electrons. The summed E-state index contributed by atoms with van der Waals surface area (Å²) in [7, 11) is -0.865. The molecule has 14 heteroatoms. The summed E-state index contributed by atoms with van der Waals surface area (Å²) in [6, 6.07) is 13.0. The van der Waals surface area contributed by atoms with E-state index in [2.05, 4.69) is 20.1 Å². The number of rotatable bonds is 10. The van der Waals surface area contributed by atoms with E-state index in [0.29, 0.717) is 12.1 Å². The monoisotopic (exact) mass is 547 g/mol. The Morgan fingerprint density at radius 2 is 2.03 bits per heavy atom. The number of aromatic nitrogens is 2. The Labute approximate surface area is 218 Å². The number of carbonyl (C=O) groups is 1. The van der Waals surface area contributed by atoms with Crippen LogP contribution in [-0.2, 0) is 13.8 Å². The molecule has 3 aromatic rings. The van der Waals surface area contributed by atoms with E-state index in [1.54, 1.807) is 6.07 Å². The number of phosphoric acid groups is 1. The number of phosphoric ester groups is 1. The van der Waals surface area contributed by atoms with Gasteiger partial charge in [0.2, 0.25) is 0 Å². The fourth-order valence-corrected chi connectivity index (χ4v) is 4.89. The Bertz CT molecular complexity index is 1410. The first kappa shape index (κ1) is 27.7. The Balaban J connectivity index is 1.31. The first-order valence-electron chi connectivity index (χ1n) is 11.9. The molecule has 0 unspecified atom stereocenters. The fraction of sp³-hybridized carbons (Fsp3) is 0.375. The van der Waals surface area contributed by atoms with E-state index in [4.69, 9.17) is 14.5 Å². The van der Waals surface area contributed by atoms with Crippen LogP contribution in [0.15, 0.2) is 53.5 Å². The number of benzene rings is 2. The van der Waals surface area contributed by atoms with Crippen LogP contribution in [0.1, 0.15) is 23.0 Å². The molecule has 0 spiro atoms. The predicted octanol–water partition coefficient (Wildman–Crippen LogP) is 1.06. The molecule has 0 radical (unpaired) electrons. The molecule has 5 N–H and O–H groups in total. The molecule has 3 atom stereocenters. The van der Waals surface area contributed by atoms with E-state index in [9.17, 15) is 19.3 Å². The summed E-state index contributed by atoms with van der Waals surface area (Å²) in [5, 5.41) is 17.2. The van der Waals surface area contributed by atoms with E-state index in [0.717, 1.165) is 21.0 Å². The smallest absolute Gasteiger partial charge is 0.394 e. The Kier molecular flexibility index (Phi) is 8.46. The maximum absolute atomic E-state index is 12.6. The summed E-state index contributed by atoms with van der Waals surface area (Å²) in [5.74, 6) is 0.0540. The number of nitrogens with one attached hydrogen (secondary N) is 2. The lowest BCUT2D eigenvalue weighted by Crippen LogP contribution is -2.30. The van der Waals surface area contributed by atoms with Gasteiger partial charge in [-0.1, -0.05) is 18.2 Å². The minimum Gasteiger partial charge on any atom is -0.394 e. The minimum absolute atomic E-state index is 0.0536. The zero-order valence-corrected chi connectivity index (χ0v) is 21.7. The van der Waals surface area contributed by atoms with Crippen molar-refractivity contribution in [3.05, 3.63) is 64.7 Å². The topological polar surface area (TPSA) is 175 Å². The number of carbonyl (C=O) groups excluding carboxylic acids is 1. The zero-order valence-electron chi connectivity index (χ0n) is 20.9. The number of ether oxygens (including phenoxy) is 1. The van der Waals surface area contributed by atoms with Gasteiger partial charge in [0.1, 0.15) is 24.3 Å². The van der Waals surface area contributed by atoms with Crippen LogP contribution in [0.2, 0.25) is 0 Å². The summed E-state index contributed by atoms with van der Waals surface area (Å²) in [5.41, 5.74) is 0.939. The summed E-state index contributed by atoms with van der Waals surface area (Å²) in [6.07, 6.45) is -1.63. The highest BCUT2D eigenvalue weighted by Gasteiger charge is 2.40. The van der Waals surface area contributed by atoms with Crippen molar-refractivity contribution in [3.63, 3.8) is 0 Å². The zero-order chi connectivity index (χ0) is 27.4. The number of aliphatic hydroxyl groups excluding tert-OH is 1. The maximum atomic E-state index is 12.6. The Morgan fingerprint density at radius 3 is 2.71 bits per heavy atom. The quantitative estimate of drug-likeness (QED) is 0.181. The van der Waals surface area contributed by atoms with Gasteiger partial charge in [0.25, 0.3) is 5.91 Å². The van der Waals surface area contributed by atoms with Gasteiger partial charge in [-0.25, -0.2) is 9.36 Å². The molecule has 1 fully saturated rings. The number of nitrogens with zero attached hydrogens (tertiary/aromatic N) is 3. The van der Waals surface area contributed by atoms with Gasteiger partial charge in [-0.05, 0) is 29.7 Å². The van der Waals surface area contributed by atoms with Crippen molar-refractivity contribution in [3.8, 4) is 0 Å². The van der Waals surface area contributed by atoms with Crippen molar-refractivity contribution in [1.29, 1.82) is 0 Å². The average Bonchev–Trinajstić information content (AvgIpc) is 3.26. The molecule has 2 heterocycles. The molecule has 4 rings (SSSR count). The first-order valence-corrected chi connectivity index (χ1v) is 13.4. The van der Waals surface area contributed by atoms with Gasteiger partial charge in [0.05, 0.1) is 6.61 Å². The highest BCUT2D eigenvalue weighted by atomic mass is 31.2. The lowest BCUT2D eigenvalue weighted by Gasteiger charge is -2.16. The van der Waals surface area contributed by atoms with Crippen LogP contribution in [0.4, 0.5) is 11.5 Å². The van der Waals surface area contributed by atoms with E-state index in [-0.39, 0.29) is 24.7 Å². The number of hydrogen-bond acceptors (Lipinski definition) is 9. The van der Waals surface area contributed by atoms with E-state index >= 15 is 0 Å². The molecular formula is C24H30N5O8P. The third kappa shape index (κ3) is 6.57. The van der Waals surface area contributed by atoms with Crippen LogP contribution in [-0.4, -0.2) is 76.4 Å². The Hall–Kier alpha value is -3.32. The summed E-state index contributed by atoms with van der Waals surface area (Å²) in [4.78, 5) is 49.2. The maximum Gasteiger partial charge on any atom is 0.469 e. The van der Waals surface area contributed by atoms with Crippen LogP contribution >= 0.6 is 7.82 Å². The molecule has 13 nitrogen and oxygen atoms in total. The lowest BCUT2D eigenvalue weighted by molar-refractivity contribution is -0.0452. The van der Waals surface area contributed by atoms with Gasteiger partial charge in [0, 0.05) is 56.4 Å². The van der Waals surface area contributed by atoms with Gasteiger partial charge >= 0.3 is 13.5 Å². The van der Waals surface area contributed by atoms with Crippen LogP contribution in [0.25, 0.3) is 10.8 Å². The fourth-order valence-electron chi connectivity index (χ4n) is 4.32. The minimum atomic E-state index is -4.80. The van der Waals surface area contributed by atoms with Gasteiger partial charge in [-0.3, -0.25) is 13.9 Å². The summed E-state index contributed by atoms with van der Waals surface area (Å²) < 4.78 is 22.5. The molecule has 1 aliphatic rings. The van der Waals surface area contributed by atoms with Crippen molar-refractivity contribution in [2.24, 2.45) is 0 Å². The van der Waals surface area contributed by atoms with E-state index in [1.807, 2.05) is 49.3 Å². The molecular weight excluding hydrogens is 517 g/mol. The summed E-state index contributed by atoms with van der Waals surface area (Å²) in [6.45, 7) is 0.0565. The standard InChI is InChI=1S/C24H30N5O8P/c1-28(2)18-5-3-4-15-12-16(6-7-17(15)18)23(31)26-10-9-25-21-8-11-29(24(32)27-21)22-13-19(20(14-30)36-22)37-38(33,34)35/h3-8,11-12,19-20,22,30H,9-10,13-14H2,1-2H3,(H,26,31)(H,25,27,32)(H2,33,34,35)/t19-,20+,22+/m0/s1. The second-order valence-corrected chi connectivity index (χ2v) is 10.2. The molecule has 1 saturated heterocycles. The highest BCUT2D eigenvalue weighted by Crippen LogP contribution is 2.43. The Morgan fingerprint density at radius 1 is 1.24 bits per heavy atom. The van der Waals surface area contributed by atoms with Crippen molar-refractivity contribution < 1.29 is 33.5 Å². The van der Waals surface area contributed by atoms with Gasteiger partial charge in [0.15, 0.2) is 0 Å². The molecule has 1 aromatic heterocycles.